The number of carboxylic acids is 1. The molecule has 0 spiro atoms. The van der Waals surface area contributed by atoms with Gasteiger partial charge in [0.05, 0.1) is 50.9 Å². The third kappa shape index (κ3) is 17.2. The molecule has 2 aromatic carbocycles. The van der Waals surface area contributed by atoms with E-state index in [0.29, 0.717) is 32.8 Å². The van der Waals surface area contributed by atoms with E-state index >= 15 is 0 Å². The smallest absolute Gasteiger partial charge is 0.478 e. The number of ether oxygens (including phenoxy) is 4. The summed E-state index contributed by atoms with van der Waals surface area (Å²) in [4.78, 5) is 102. The number of fused-ring (bicyclic) bond motifs is 2. The lowest BCUT2D eigenvalue weighted by atomic mass is 9.84. The SMILES string of the molecule is [3H]O[C@@H]1C(OP(=O)(OCCC#N)OCC(COCCCNC(=O)c2ccc(C(=O)O)c(C3=C4C=CC(N(C)C)C=C4Oc4cc(N(C)C)ccc43)c2)OC(=O)CCC(=O)CC)[C@H](n2ccc(=O)[nH]c2=O)O[C@@H]1COP1OP(=O)(O)OP(=O)(O)O1. The van der Waals surface area contributed by atoms with Gasteiger partial charge in [-0.05, 0) is 62.5 Å². The number of rotatable bonds is 29. The molecule has 2 saturated heterocycles. The number of hydrogen-bond acceptors (Lipinski definition) is 24. The van der Waals surface area contributed by atoms with Crippen molar-refractivity contribution in [1.82, 2.24) is 19.8 Å². The molecule has 2 fully saturated rings. The molecule has 450 valence electrons. The predicted molar refractivity (Wildman–Crippen MR) is 289 cm³/mol. The fourth-order valence-corrected chi connectivity index (χ4v) is 13.9. The normalized spacial score (nSPS) is 25.0. The highest BCUT2D eigenvalue weighted by molar-refractivity contribution is 7.72. The van der Waals surface area contributed by atoms with E-state index in [1.807, 2.05) is 79.4 Å². The molecule has 4 heterocycles. The number of nitrogens with zero attached hydrogens (tertiary/aromatic N) is 4. The summed E-state index contributed by atoms with van der Waals surface area (Å²) in [6, 6.07) is 12.3. The van der Waals surface area contributed by atoms with Crippen molar-refractivity contribution in [3.63, 3.8) is 0 Å². The van der Waals surface area contributed by atoms with Gasteiger partial charge in [0.25, 0.3) is 11.5 Å². The van der Waals surface area contributed by atoms with Gasteiger partial charge in [0.2, 0.25) is 1.43 Å². The van der Waals surface area contributed by atoms with Crippen LogP contribution in [0.5, 0.6) is 5.75 Å². The Bertz CT molecular complexity index is 3340. The van der Waals surface area contributed by atoms with Gasteiger partial charge in [0.1, 0.15) is 41.7 Å². The first-order chi connectivity index (χ1) is 39.8. The molecule has 83 heavy (non-hydrogen) atoms. The van der Waals surface area contributed by atoms with Gasteiger partial charge in [-0.25, -0.2) is 31.9 Å². The van der Waals surface area contributed by atoms with E-state index in [0.717, 1.165) is 18.0 Å². The van der Waals surface area contributed by atoms with Gasteiger partial charge in [-0.15, -0.1) is 0 Å². The maximum absolute atomic E-state index is 14.7. The maximum Gasteiger partial charge on any atom is 0.488 e. The molecule has 0 bridgehead atoms. The maximum atomic E-state index is 14.7. The van der Waals surface area contributed by atoms with Crippen molar-refractivity contribution in [3.05, 3.63) is 121 Å². The number of nitrogens with one attached hydrogen (secondary N) is 2. The Morgan fingerprint density at radius 2 is 1.77 bits per heavy atom. The molecular formula is C49H60N6O24P4. The number of phosphoric acid groups is 3. The van der Waals surface area contributed by atoms with Crippen LogP contribution in [0, 0.1) is 11.3 Å². The van der Waals surface area contributed by atoms with Crippen molar-refractivity contribution in [3.8, 4) is 11.8 Å². The lowest BCUT2D eigenvalue weighted by Gasteiger charge is -2.31. The lowest BCUT2D eigenvalue weighted by Crippen LogP contribution is -2.39. The summed E-state index contributed by atoms with van der Waals surface area (Å²) in [7, 11) is -11.1. The zero-order chi connectivity index (χ0) is 61.1. The second-order valence-corrected chi connectivity index (χ2v) is 25.0. The zero-order valence-electron chi connectivity index (χ0n) is 46.1. The number of likely N-dealkylation sites (N-methyl/N-ethyl adjacent to an activating group) is 1. The number of aromatic nitrogens is 2. The van der Waals surface area contributed by atoms with Crippen molar-refractivity contribution < 1.29 is 103 Å². The average Bonchev–Trinajstić information content (AvgIpc) is 3.15. The van der Waals surface area contributed by atoms with Crippen LogP contribution < -0.4 is 26.2 Å². The van der Waals surface area contributed by atoms with Crippen molar-refractivity contribution in [1.29, 1.82) is 6.69 Å². The molecule has 6 unspecified atom stereocenters. The summed E-state index contributed by atoms with van der Waals surface area (Å²) in [5.41, 5.74) is 0.965. The molecule has 7 rings (SSSR count). The van der Waals surface area contributed by atoms with Crippen LogP contribution in [0.15, 0.2) is 87.8 Å². The van der Waals surface area contributed by atoms with Crippen LogP contribution in [0.3, 0.4) is 0 Å². The summed E-state index contributed by atoms with van der Waals surface area (Å²) in [6.07, 6.45) is -2.64. The Morgan fingerprint density at radius 1 is 1.01 bits per heavy atom. The summed E-state index contributed by atoms with van der Waals surface area (Å²) >= 11 is 0. The predicted octanol–water partition coefficient (Wildman–Crippen LogP) is 4.59. The number of phosphoric ester groups is 1. The first-order valence-electron chi connectivity index (χ1n) is 25.7. The highest BCUT2D eigenvalue weighted by atomic mass is 31.3. The first-order valence-corrected chi connectivity index (χ1v) is 30.9. The number of ketones is 1. The number of hydrogen-bond donors (Lipinski definition) is 6. The van der Waals surface area contributed by atoms with E-state index < -0.39 is 125 Å². The molecule has 1 aliphatic carbocycles. The minimum atomic E-state index is -5.19. The largest absolute Gasteiger partial charge is 0.488 e. The molecule has 0 radical (unpaired) electrons. The fourth-order valence-electron chi connectivity index (χ4n) is 8.33. The number of aliphatic hydroxyl groups is 1. The third-order valence-corrected chi connectivity index (χ3v) is 18.6. The highest BCUT2D eigenvalue weighted by Gasteiger charge is 2.52. The Balaban J connectivity index is 1.05. The van der Waals surface area contributed by atoms with E-state index in [4.69, 9.17) is 43.6 Å². The van der Waals surface area contributed by atoms with E-state index in [1.165, 1.54) is 18.2 Å². The Labute approximate surface area is 476 Å². The van der Waals surface area contributed by atoms with Crippen LogP contribution in [0.4, 0.5) is 5.69 Å². The number of benzene rings is 2. The fraction of sp³-hybridized carbons (Fsp3) is 0.449. The minimum Gasteiger partial charge on any atom is -0.478 e. The Hall–Kier alpha value is -5.89. The number of aromatic carboxylic acids is 1. The van der Waals surface area contributed by atoms with E-state index in [2.05, 4.69) is 18.2 Å². The van der Waals surface area contributed by atoms with E-state index in [9.17, 15) is 62.6 Å². The third-order valence-electron chi connectivity index (χ3n) is 12.5. The average molecular weight is 1240 g/mol. The van der Waals surface area contributed by atoms with Crippen LogP contribution in [0.25, 0.3) is 5.57 Å². The summed E-state index contributed by atoms with van der Waals surface area (Å²) in [5.74, 6) is -1.93. The number of nitriles is 1. The first kappa shape index (κ1) is 63.1. The molecule has 34 heteroatoms. The summed E-state index contributed by atoms with van der Waals surface area (Å²) in [5, 5.41) is 27.4. The van der Waals surface area contributed by atoms with Crippen molar-refractivity contribution in [2.75, 3.05) is 72.7 Å². The van der Waals surface area contributed by atoms with Gasteiger partial charge in [-0.1, -0.05) is 19.1 Å². The number of carbonyl (C=O) groups excluding carboxylic acids is 3. The second kappa shape index (κ2) is 28.3. The van der Waals surface area contributed by atoms with Gasteiger partial charge >= 0.3 is 49.7 Å². The summed E-state index contributed by atoms with van der Waals surface area (Å²) in [6.45, 7) is -1.33. The van der Waals surface area contributed by atoms with Gasteiger partial charge in [0.15, 0.2) is 6.23 Å². The van der Waals surface area contributed by atoms with Gasteiger partial charge in [-0.3, -0.25) is 47.2 Å². The summed E-state index contributed by atoms with van der Waals surface area (Å²) < 4.78 is 107. The molecule has 4 aliphatic rings. The number of allylic oxidation sites excluding steroid dienone is 1. The number of anilines is 1. The molecule has 30 nitrogen and oxygen atoms in total. The van der Waals surface area contributed by atoms with Crippen molar-refractivity contribution >= 4 is 67.0 Å². The number of carboxylic acid groups (broad SMARTS) is 1. The molecule has 0 saturated carbocycles. The monoisotopic (exact) mass is 1240 g/mol. The Morgan fingerprint density at radius 3 is 2.45 bits per heavy atom. The quantitative estimate of drug-likeness (QED) is 0.0314. The number of carbonyl (C=O) groups is 4. The van der Waals surface area contributed by atoms with Crippen LogP contribution in [0.2, 0.25) is 0 Å². The van der Waals surface area contributed by atoms with E-state index in [-0.39, 0.29) is 67.4 Å². The van der Waals surface area contributed by atoms with Gasteiger partial charge < -0.3 is 53.7 Å². The molecule has 3 aromatic rings. The number of aliphatic hydroxyl groups excluding tert-OH is 1. The lowest BCUT2D eigenvalue weighted by molar-refractivity contribution is -0.155. The van der Waals surface area contributed by atoms with Crippen LogP contribution >= 0.6 is 32.1 Å². The van der Waals surface area contributed by atoms with Crippen LogP contribution in [0.1, 0.15) is 77.1 Å². The van der Waals surface area contributed by atoms with Crippen LogP contribution in [-0.4, -0.2) is 158 Å². The number of H-pyrrole nitrogens is 1. The van der Waals surface area contributed by atoms with Gasteiger partial charge in [-0.2, -0.15) is 9.57 Å². The zero-order valence-corrected chi connectivity index (χ0v) is 48.7. The van der Waals surface area contributed by atoms with E-state index in [1.54, 1.807) is 13.0 Å². The Kier molecular flexibility index (Phi) is 21.6. The molecule has 1 aromatic heterocycles. The second-order valence-electron chi connectivity index (χ2n) is 18.9. The number of amides is 1. The topological polar surface area (TPSA) is 399 Å². The highest BCUT2D eigenvalue weighted by Crippen LogP contribution is 2.76. The molecule has 1 amide bonds. The van der Waals surface area contributed by atoms with Crippen LogP contribution in [-0.2, 0) is 68.5 Å². The standard InChI is InChI=1S/C49H60N6O24P4/c1-6-32(56)12-16-42(58)73-33(27-72-83(68,71-22-7-18-50)76-45-44(59)40(75-47(45)55-20-17-41(57)52-49(55)63)28-70-80-77-81(64,65)79-82(66,67)78-80)26-69-21-8-19-51-46(60)29-9-13-34(48(61)62)37(23-29)43-35-14-10-30(53(2)3)24-38(35)74-39-25-31(54(4)5)11-15-36(39)43/h9-11,13-15,17,20,23-25,30,33,40,44-45,47,59H,6-8,12,16,19,21-22,26-28H2,1-5H3,(H,51,60)(H,61,62)(H,64,65)(H,66,67)(H,52,57,63)/t30?,33?,40-,44+,45?,47-,83?/m1/s1/i59T. The molecule has 9 atom stereocenters. The van der Waals surface area contributed by atoms with Crippen molar-refractivity contribution in [2.24, 2.45) is 0 Å². The number of esters is 1. The number of aromatic amines is 1. The number of Topliss-reactive ketones (excluding diaryl/α,β-unsaturated/α-hetero) is 1. The van der Waals surface area contributed by atoms with Gasteiger partial charge in [0, 0.05) is 92.4 Å². The molecule has 3 aliphatic heterocycles. The minimum absolute atomic E-state index is 0.0130. The molecule has 6 N–H and O–H groups in total. The van der Waals surface area contributed by atoms with Crippen molar-refractivity contribution in [2.45, 2.75) is 75.7 Å². The molecular weight excluding hydrogens is 1180 g/mol.